The zero-order valence-corrected chi connectivity index (χ0v) is 17.1. The second-order valence-corrected chi connectivity index (χ2v) is 6.91. The van der Waals surface area contributed by atoms with Gasteiger partial charge in [-0.15, -0.1) is 0 Å². The van der Waals surface area contributed by atoms with Crippen LogP contribution in [0.3, 0.4) is 0 Å². The van der Waals surface area contributed by atoms with Gasteiger partial charge in [-0.1, -0.05) is 23.8 Å². The summed E-state index contributed by atoms with van der Waals surface area (Å²) in [6.45, 7) is 3.58. The van der Waals surface area contributed by atoms with Crippen molar-refractivity contribution in [3.05, 3.63) is 46.6 Å². The summed E-state index contributed by atoms with van der Waals surface area (Å²) in [4.78, 5) is 33.6. The van der Waals surface area contributed by atoms with E-state index >= 15 is 0 Å². The summed E-state index contributed by atoms with van der Waals surface area (Å²) in [6.07, 6.45) is 10.4. The lowest BCUT2D eigenvalue weighted by Gasteiger charge is -2.08. The monoisotopic (exact) mass is 406 g/mol. The van der Waals surface area contributed by atoms with Gasteiger partial charge in [-0.3, -0.25) is 4.79 Å². The lowest BCUT2D eigenvalue weighted by atomic mass is 10.0. The predicted molar refractivity (Wildman–Crippen MR) is 108 cm³/mol. The predicted octanol–water partition coefficient (Wildman–Crippen LogP) is 3.25. The number of carbonyl (C=O) groups excluding carboxylic acids is 2. The average molecular weight is 406 g/mol. The van der Waals surface area contributed by atoms with E-state index in [0.717, 1.165) is 16.7 Å². The molecule has 0 unspecified atom stereocenters. The summed E-state index contributed by atoms with van der Waals surface area (Å²) in [5.41, 5.74) is 2.97. The third kappa shape index (κ3) is 11.0. The van der Waals surface area contributed by atoms with Crippen LogP contribution in [-0.2, 0) is 23.9 Å². The molecule has 0 saturated carbocycles. The van der Waals surface area contributed by atoms with Crippen LogP contribution in [0.5, 0.6) is 0 Å². The Hall–Kier alpha value is -2.67. The molecule has 0 aromatic carbocycles. The van der Waals surface area contributed by atoms with Gasteiger partial charge in [-0.25, -0.2) is 9.59 Å². The van der Waals surface area contributed by atoms with E-state index in [1.165, 1.54) is 13.0 Å². The Kier molecular flexibility index (Phi) is 11.3. The molecule has 0 aromatic rings. The largest absolute Gasteiger partial charge is 0.478 e. The third-order valence-electron chi connectivity index (χ3n) is 4.37. The first kappa shape index (κ1) is 24.4. The van der Waals surface area contributed by atoms with Crippen molar-refractivity contribution in [2.45, 2.75) is 52.4 Å². The van der Waals surface area contributed by atoms with Gasteiger partial charge < -0.3 is 19.7 Å². The van der Waals surface area contributed by atoms with Gasteiger partial charge in [-0.2, -0.15) is 0 Å². The summed E-state index contributed by atoms with van der Waals surface area (Å²) < 4.78 is 9.95. The number of hydrogen-bond donors (Lipinski definition) is 2. The molecule has 0 bridgehead atoms. The molecular formula is C22H30O7. The highest BCUT2D eigenvalue weighted by molar-refractivity contribution is 5.86. The average Bonchev–Trinajstić information content (AvgIpc) is 3.08. The Morgan fingerprint density at radius 2 is 1.86 bits per heavy atom. The zero-order valence-electron chi connectivity index (χ0n) is 17.1. The lowest BCUT2D eigenvalue weighted by molar-refractivity contribution is -0.140. The van der Waals surface area contributed by atoms with Crippen molar-refractivity contribution in [1.82, 2.24) is 0 Å². The summed E-state index contributed by atoms with van der Waals surface area (Å²) >= 11 is 0. The van der Waals surface area contributed by atoms with E-state index in [2.05, 4.69) is 0 Å². The molecule has 2 N–H and O–H groups in total. The van der Waals surface area contributed by atoms with Crippen molar-refractivity contribution in [2.75, 3.05) is 19.8 Å². The molecule has 0 saturated heterocycles. The molecule has 1 aliphatic rings. The number of ether oxygens (including phenoxy) is 2. The Balaban J connectivity index is 2.63. The fourth-order valence-corrected chi connectivity index (χ4v) is 2.71. The van der Waals surface area contributed by atoms with Gasteiger partial charge in [0.2, 0.25) is 0 Å². The first-order valence-corrected chi connectivity index (χ1v) is 9.68. The molecule has 0 fully saturated rings. The van der Waals surface area contributed by atoms with Crippen molar-refractivity contribution in [3.8, 4) is 0 Å². The first-order valence-electron chi connectivity index (χ1n) is 9.68. The second kappa shape index (κ2) is 13.5. The van der Waals surface area contributed by atoms with Crippen molar-refractivity contribution in [2.24, 2.45) is 0 Å². The maximum atomic E-state index is 11.4. The molecule has 0 radical (unpaired) electrons. The normalized spacial score (nSPS) is 15.2. The third-order valence-corrected chi connectivity index (χ3v) is 4.37. The number of carboxylic acid groups (broad SMARTS) is 1. The van der Waals surface area contributed by atoms with Crippen molar-refractivity contribution in [1.29, 1.82) is 0 Å². The minimum Gasteiger partial charge on any atom is -0.478 e. The standard InChI is InChI=1S/C22H30O7/c1-16(13-23)6-3-10-20(22(26)27)11-5-8-18(14-28-17(2)24)7-4-9-19-12-21(25)29-15-19/h6-7,11-12,23H,3-5,8-10,13-15H2,1-2H3,(H,26,27)/b16-6-,18-7-,20-11-. The smallest absolute Gasteiger partial charge is 0.331 e. The van der Waals surface area contributed by atoms with Crippen molar-refractivity contribution < 1.29 is 34.1 Å². The van der Waals surface area contributed by atoms with Gasteiger partial charge >= 0.3 is 17.9 Å². The van der Waals surface area contributed by atoms with Crippen molar-refractivity contribution in [3.63, 3.8) is 0 Å². The fourth-order valence-electron chi connectivity index (χ4n) is 2.71. The summed E-state index contributed by atoms with van der Waals surface area (Å²) in [5.74, 6) is -1.65. The molecule has 0 aromatic heterocycles. The molecular weight excluding hydrogens is 376 g/mol. The van der Waals surface area contributed by atoms with Crippen LogP contribution in [0.4, 0.5) is 0 Å². The molecule has 160 valence electrons. The van der Waals surface area contributed by atoms with Crippen LogP contribution in [-0.4, -0.2) is 47.9 Å². The molecule has 1 rings (SSSR count). The fraction of sp³-hybridized carbons (Fsp3) is 0.500. The number of allylic oxidation sites excluding steroid dienone is 3. The molecule has 7 heteroatoms. The molecule has 1 aliphatic heterocycles. The van der Waals surface area contributed by atoms with Crippen LogP contribution in [0.15, 0.2) is 46.6 Å². The van der Waals surface area contributed by atoms with Gasteiger partial charge in [-0.05, 0) is 56.6 Å². The van der Waals surface area contributed by atoms with Crippen LogP contribution >= 0.6 is 0 Å². The number of aliphatic carboxylic acids is 1. The summed E-state index contributed by atoms with van der Waals surface area (Å²) in [6, 6.07) is 0. The van der Waals surface area contributed by atoms with E-state index in [0.29, 0.717) is 50.7 Å². The Bertz CT molecular complexity index is 711. The van der Waals surface area contributed by atoms with Crippen LogP contribution in [0.2, 0.25) is 0 Å². The Morgan fingerprint density at radius 1 is 1.14 bits per heavy atom. The van der Waals surface area contributed by atoms with E-state index in [4.69, 9.17) is 14.6 Å². The highest BCUT2D eigenvalue weighted by Gasteiger charge is 2.12. The molecule has 0 aliphatic carbocycles. The molecule has 7 nitrogen and oxygen atoms in total. The number of rotatable bonds is 13. The van der Waals surface area contributed by atoms with E-state index in [1.54, 1.807) is 13.0 Å². The number of aliphatic hydroxyl groups is 1. The summed E-state index contributed by atoms with van der Waals surface area (Å²) in [7, 11) is 0. The molecule has 0 atom stereocenters. The number of esters is 2. The minimum absolute atomic E-state index is 0.0341. The van der Waals surface area contributed by atoms with Crippen molar-refractivity contribution >= 4 is 17.9 Å². The molecule has 0 spiro atoms. The maximum absolute atomic E-state index is 11.4. The first-order chi connectivity index (χ1) is 13.8. The Morgan fingerprint density at radius 3 is 2.45 bits per heavy atom. The van der Waals surface area contributed by atoms with Gasteiger partial charge in [0.25, 0.3) is 0 Å². The van der Waals surface area contributed by atoms with Crippen LogP contribution < -0.4 is 0 Å². The highest BCUT2D eigenvalue weighted by atomic mass is 16.5. The van der Waals surface area contributed by atoms with Crippen LogP contribution in [0.25, 0.3) is 0 Å². The lowest BCUT2D eigenvalue weighted by Crippen LogP contribution is -2.04. The van der Waals surface area contributed by atoms with Gasteiger partial charge in [0.05, 0.1) is 6.61 Å². The topological polar surface area (TPSA) is 110 Å². The number of carbonyl (C=O) groups is 3. The minimum atomic E-state index is -0.955. The number of cyclic esters (lactones) is 1. The number of hydrogen-bond acceptors (Lipinski definition) is 6. The van der Waals surface area contributed by atoms with Gasteiger partial charge in [0.15, 0.2) is 0 Å². The second-order valence-electron chi connectivity index (χ2n) is 6.91. The van der Waals surface area contributed by atoms with E-state index in [9.17, 15) is 19.5 Å². The number of aliphatic hydroxyl groups excluding tert-OH is 1. The maximum Gasteiger partial charge on any atom is 0.331 e. The summed E-state index contributed by atoms with van der Waals surface area (Å²) in [5, 5.41) is 18.3. The molecule has 1 heterocycles. The highest BCUT2D eigenvalue weighted by Crippen LogP contribution is 2.17. The van der Waals surface area contributed by atoms with E-state index in [-0.39, 0.29) is 25.2 Å². The molecule has 29 heavy (non-hydrogen) atoms. The van der Waals surface area contributed by atoms with E-state index in [1.807, 2.05) is 12.2 Å². The van der Waals surface area contributed by atoms with Gasteiger partial charge in [0.1, 0.15) is 13.2 Å². The molecule has 0 amide bonds. The van der Waals surface area contributed by atoms with Crippen LogP contribution in [0.1, 0.15) is 52.4 Å². The van der Waals surface area contributed by atoms with Crippen LogP contribution in [0, 0.1) is 0 Å². The quantitative estimate of drug-likeness (QED) is 0.274. The van der Waals surface area contributed by atoms with Gasteiger partial charge in [0, 0.05) is 18.6 Å². The zero-order chi connectivity index (χ0) is 21.6. The van der Waals surface area contributed by atoms with E-state index < -0.39 is 5.97 Å². The SMILES string of the molecule is CC(=O)OC/C(=C\CCC1=CC(=O)OC1)CC/C=C(/CC/C=C(/C)CO)C(=O)O. The number of carboxylic acids is 1. The Labute approximate surface area is 171 Å².